The first-order valence-corrected chi connectivity index (χ1v) is 4.10. The number of aromatic nitrogens is 1. The minimum atomic E-state index is -1.62. The summed E-state index contributed by atoms with van der Waals surface area (Å²) in [7, 11) is 0. The van der Waals surface area contributed by atoms with Crippen molar-refractivity contribution in [1.29, 1.82) is 0 Å². The molecule has 1 aromatic heterocycles. The van der Waals surface area contributed by atoms with Crippen LogP contribution in [0.15, 0.2) is 24.5 Å². The molecular formula is C9H12N2O3. The van der Waals surface area contributed by atoms with Gasteiger partial charge in [0.1, 0.15) is 5.54 Å². The molecule has 0 aliphatic heterocycles. The second kappa shape index (κ2) is 4.17. The molecule has 0 amide bonds. The third-order valence-electron chi connectivity index (χ3n) is 1.95. The molecule has 5 nitrogen and oxygen atoms in total. The number of nitrogens with two attached hydrogens (primary N) is 1. The number of carbonyl (C=O) groups is 1. The van der Waals surface area contributed by atoms with E-state index in [1.807, 2.05) is 0 Å². The van der Waals surface area contributed by atoms with Crippen LogP contribution < -0.4 is 5.73 Å². The molecule has 5 heteroatoms. The highest BCUT2D eigenvalue weighted by molar-refractivity contribution is 5.79. The van der Waals surface area contributed by atoms with Crippen LogP contribution in [0.1, 0.15) is 5.56 Å². The summed E-state index contributed by atoms with van der Waals surface area (Å²) in [5.74, 6) is -1.22. The maximum atomic E-state index is 10.8. The van der Waals surface area contributed by atoms with Gasteiger partial charge in [-0.1, -0.05) is 6.07 Å². The van der Waals surface area contributed by atoms with Crippen LogP contribution in [0.3, 0.4) is 0 Å². The predicted octanol–water partition coefficient (Wildman–Crippen LogP) is -0.602. The average molecular weight is 196 g/mol. The van der Waals surface area contributed by atoms with Crippen molar-refractivity contribution in [1.82, 2.24) is 4.98 Å². The molecule has 0 saturated heterocycles. The number of hydrogen-bond acceptors (Lipinski definition) is 4. The molecule has 0 aliphatic carbocycles. The maximum Gasteiger partial charge on any atom is 0.326 e. The lowest BCUT2D eigenvalue weighted by molar-refractivity contribution is -0.144. The van der Waals surface area contributed by atoms with Gasteiger partial charge in [0.05, 0.1) is 6.61 Å². The Morgan fingerprint density at radius 3 is 2.79 bits per heavy atom. The van der Waals surface area contributed by atoms with E-state index in [2.05, 4.69) is 4.98 Å². The van der Waals surface area contributed by atoms with Crippen molar-refractivity contribution in [2.24, 2.45) is 5.73 Å². The molecule has 1 rings (SSSR count). The minimum Gasteiger partial charge on any atom is -0.480 e. The first kappa shape index (κ1) is 10.6. The van der Waals surface area contributed by atoms with Gasteiger partial charge in [-0.25, -0.2) is 0 Å². The fraction of sp³-hybridized carbons (Fsp3) is 0.333. The van der Waals surface area contributed by atoms with Gasteiger partial charge in [-0.15, -0.1) is 0 Å². The lowest BCUT2D eigenvalue weighted by Gasteiger charge is -2.21. The van der Waals surface area contributed by atoms with Crippen LogP contribution in [0.2, 0.25) is 0 Å². The summed E-state index contributed by atoms with van der Waals surface area (Å²) in [4.78, 5) is 14.6. The molecule has 4 N–H and O–H groups in total. The predicted molar refractivity (Wildman–Crippen MR) is 49.6 cm³/mol. The highest BCUT2D eigenvalue weighted by Gasteiger charge is 2.33. The van der Waals surface area contributed by atoms with Gasteiger partial charge in [-0.3, -0.25) is 9.78 Å². The molecule has 0 spiro atoms. The fourth-order valence-corrected chi connectivity index (χ4v) is 1.07. The molecule has 76 valence electrons. The first-order valence-electron chi connectivity index (χ1n) is 4.10. The lowest BCUT2D eigenvalue weighted by atomic mass is 9.94. The van der Waals surface area contributed by atoms with E-state index in [0.717, 1.165) is 0 Å². The number of carboxylic acid groups (broad SMARTS) is 1. The highest BCUT2D eigenvalue weighted by Crippen LogP contribution is 2.09. The van der Waals surface area contributed by atoms with Gasteiger partial charge < -0.3 is 15.9 Å². The summed E-state index contributed by atoms with van der Waals surface area (Å²) >= 11 is 0. The van der Waals surface area contributed by atoms with Crippen LogP contribution in [0, 0.1) is 0 Å². The standard InChI is InChI=1S/C9H12N2O3/c10-9(6-12,8(13)14)4-7-2-1-3-11-5-7/h1-3,5,12H,4,6,10H2,(H,13,14)/t9-/m0/s1. The zero-order chi connectivity index (χ0) is 10.6. The zero-order valence-electron chi connectivity index (χ0n) is 7.55. The molecular weight excluding hydrogens is 184 g/mol. The van der Waals surface area contributed by atoms with E-state index >= 15 is 0 Å². The number of aliphatic hydroxyl groups is 1. The summed E-state index contributed by atoms with van der Waals surface area (Å²) in [6, 6.07) is 3.40. The Kier molecular flexibility index (Phi) is 3.16. The Bertz CT molecular complexity index is 315. The van der Waals surface area contributed by atoms with Crippen molar-refractivity contribution in [2.75, 3.05) is 6.61 Å². The Hall–Kier alpha value is -1.46. The van der Waals surface area contributed by atoms with Gasteiger partial charge in [0, 0.05) is 18.8 Å². The van der Waals surface area contributed by atoms with Gasteiger partial charge >= 0.3 is 5.97 Å². The Labute approximate surface area is 81.2 Å². The Morgan fingerprint density at radius 2 is 2.36 bits per heavy atom. The molecule has 14 heavy (non-hydrogen) atoms. The van der Waals surface area contributed by atoms with Crippen molar-refractivity contribution in [3.8, 4) is 0 Å². The van der Waals surface area contributed by atoms with Crippen molar-refractivity contribution >= 4 is 5.97 Å². The van der Waals surface area contributed by atoms with Crippen LogP contribution in [0.5, 0.6) is 0 Å². The van der Waals surface area contributed by atoms with Crippen molar-refractivity contribution in [2.45, 2.75) is 12.0 Å². The van der Waals surface area contributed by atoms with Gasteiger partial charge in [-0.2, -0.15) is 0 Å². The third-order valence-corrected chi connectivity index (χ3v) is 1.95. The first-order chi connectivity index (χ1) is 6.58. The molecule has 1 atom stereocenters. The molecule has 0 unspecified atom stereocenters. The van der Waals surface area contributed by atoms with E-state index < -0.39 is 18.1 Å². The Morgan fingerprint density at radius 1 is 1.64 bits per heavy atom. The summed E-state index contributed by atoms with van der Waals surface area (Å²) in [6.45, 7) is -0.600. The smallest absolute Gasteiger partial charge is 0.326 e. The largest absolute Gasteiger partial charge is 0.480 e. The molecule has 0 saturated carbocycles. The average Bonchev–Trinajstić information content (AvgIpc) is 2.19. The summed E-state index contributed by atoms with van der Waals surface area (Å²) in [5, 5.41) is 17.7. The summed E-state index contributed by atoms with van der Waals surface area (Å²) in [5.41, 5.74) is 4.56. The second-order valence-electron chi connectivity index (χ2n) is 3.16. The molecule has 0 bridgehead atoms. The number of rotatable bonds is 4. The topological polar surface area (TPSA) is 96.4 Å². The molecule has 0 fully saturated rings. The fourth-order valence-electron chi connectivity index (χ4n) is 1.07. The van der Waals surface area contributed by atoms with Gasteiger partial charge in [-0.05, 0) is 11.6 Å². The molecule has 0 radical (unpaired) electrons. The number of carboxylic acids is 1. The van der Waals surface area contributed by atoms with Crippen LogP contribution in [-0.2, 0) is 11.2 Å². The number of nitrogens with zero attached hydrogens (tertiary/aromatic N) is 1. The molecule has 0 aliphatic rings. The Balaban J connectivity index is 2.81. The van der Waals surface area contributed by atoms with Gasteiger partial charge in [0.2, 0.25) is 0 Å². The van der Waals surface area contributed by atoms with Crippen LogP contribution >= 0.6 is 0 Å². The van der Waals surface area contributed by atoms with Crippen LogP contribution in [0.25, 0.3) is 0 Å². The monoisotopic (exact) mass is 196 g/mol. The van der Waals surface area contributed by atoms with Crippen molar-refractivity contribution in [3.05, 3.63) is 30.1 Å². The number of hydrogen-bond donors (Lipinski definition) is 3. The number of pyridine rings is 1. The van der Waals surface area contributed by atoms with E-state index in [1.54, 1.807) is 18.3 Å². The van der Waals surface area contributed by atoms with E-state index in [1.165, 1.54) is 6.20 Å². The van der Waals surface area contributed by atoms with E-state index in [4.69, 9.17) is 15.9 Å². The van der Waals surface area contributed by atoms with Gasteiger partial charge in [0.15, 0.2) is 0 Å². The van der Waals surface area contributed by atoms with E-state index in [0.29, 0.717) is 5.56 Å². The highest BCUT2D eigenvalue weighted by atomic mass is 16.4. The maximum absolute atomic E-state index is 10.8. The number of aliphatic carboxylic acids is 1. The second-order valence-corrected chi connectivity index (χ2v) is 3.16. The summed E-state index contributed by atoms with van der Waals surface area (Å²) < 4.78 is 0. The quantitative estimate of drug-likeness (QED) is 0.597. The molecule has 1 aromatic rings. The minimum absolute atomic E-state index is 0.0622. The zero-order valence-corrected chi connectivity index (χ0v) is 7.55. The van der Waals surface area contributed by atoms with Crippen molar-refractivity contribution < 1.29 is 15.0 Å². The van der Waals surface area contributed by atoms with E-state index in [9.17, 15) is 4.79 Å². The third kappa shape index (κ3) is 2.27. The lowest BCUT2D eigenvalue weighted by Crippen LogP contribution is -2.53. The SMILES string of the molecule is N[C@](CO)(Cc1cccnc1)C(=O)O. The normalized spacial score (nSPS) is 14.7. The molecule has 0 aromatic carbocycles. The van der Waals surface area contributed by atoms with Crippen LogP contribution in [0.4, 0.5) is 0 Å². The van der Waals surface area contributed by atoms with Crippen molar-refractivity contribution in [3.63, 3.8) is 0 Å². The van der Waals surface area contributed by atoms with Crippen LogP contribution in [-0.4, -0.2) is 33.3 Å². The van der Waals surface area contributed by atoms with E-state index in [-0.39, 0.29) is 6.42 Å². The van der Waals surface area contributed by atoms with Gasteiger partial charge in [0.25, 0.3) is 0 Å². The number of aliphatic hydroxyl groups excluding tert-OH is 1. The summed E-state index contributed by atoms with van der Waals surface area (Å²) in [6.07, 6.45) is 3.17. The molecule has 1 heterocycles.